The number of fused-ring (bicyclic) bond motifs is 1. The minimum atomic E-state index is -0.269. The molecule has 0 unspecified atom stereocenters. The number of ether oxygens (including phenoxy) is 1. The zero-order valence-electron chi connectivity index (χ0n) is 15.5. The summed E-state index contributed by atoms with van der Waals surface area (Å²) in [5.74, 6) is 0.0189. The molecule has 7 heteroatoms. The highest BCUT2D eigenvalue weighted by molar-refractivity contribution is 6.31. The van der Waals surface area contributed by atoms with Crippen LogP contribution < -0.4 is 19.9 Å². The van der Waals surface area contributed by atoms with E-state index in [4.69, 9.17) is 16.3 Å². The van der Waals surface area contributed by atoms with Gasteiger partial charge in [-0.3, -0.25) is 14.5 Å². The lowest BCUT2D eigenvalue weighted by molar-refractivity contribution is -0.123. The van der Waals surface area contributed by atoms with Crippen molar-refractivity contribution in [3.05, 3.63) is 47.5 Å². The predicted molar refractivity (Wildman–Crippen MR) is 110 cm³/mol. The van der Waals surface area contributed by atoms with Crippen molar-refractivity contribution in [2.24, 2.45) is 0 Å². The maximum Gasteiger partial charge on any atom is 0.265 e. The van der Waals surface area contributed by atoms with Crippen LogP contribution in [0.5, 0.6) is 5.75 Å². The van der Waals surface area contributed by atoms with Crippen LogP contribution in [0.15, 0.2) is 42.5 Å². The van der Waals surface area contributed by atoms with E-state index in [1.807, 2.05) is 24.3 Å². The minimum Gasteiger partial charge on any atom is -0.482 e. The predicted octanol–water partition coefficient (Wildman–Crippen LogP) is 3.69. The molecule has 2 aliphatic heterocycles. The van der Waals surface area contributed by atoms with Crippen molar-refractivity contribution < 1.29 is 14.3 Å². The van der Waals surface area contributed by atoms with E-state index in [0.717, 1.165) is 37.3 Å². The zero-order valence-corrected chi connectivity index (χ0v) is 16.2. The number of nitrogens with one attached hydrogen (secondary N) is 1. The van der Waals surface area contributed by atoms with Crippen LogP contribution in [0, 0.1) is 0 Å². The quantitative estimate of drug-likeness (QED) is 0.851. The smallest absolute Gasteiger partial charge is 0.265 e. The van der Waals surface area contributed by atoms with Gasteiger partial charge in [-0.15, -0.1) is 0 Å². The average molecular weight is 400 g/mol. The van der Waals surface area contributed by atoms with Gasteiger partial charge in [0.25, 0.3) is 5.91 Å². The van der Waals surface area contributed by atoms with Crippen molar-refractivity contribution in [3.63, 3.8) is 0 Å². The molecule has 2 aliphatic rings. The number of para-hydroxylation sites is 2. The highest BCUT2D eigenvalue weighted by atomic mass is 35.5. The van der Waals surface area contributed by atoms with Crippen molar-refractivity contribution in [3.8, 4) is 5.75 Å². The van der Waals surface area contributed by atoms with E-state index >= 15 is 0 Å². The van der Waals surface area contributed by atoms with Crippen LogP contribution in [0.4, 0.5) is 17.1 Å². The second kappa shape index (κ2) is 8.10. The zero-order chi connectivity index (χ0) is 19.5. The fraction of sp³-hybridized carbons (Fsp3) is 0.333. The number of nitrogens with zero attached hydrogens (tertiary/aromatic N) is 2. The summed E-state index contributed by atoms with van der Waals surface area (Å²) in [7, 11) is 0. The van der Waals surface area contributed by atoms with E-state index in [1.54, 1.807) is 18.2 Å². The first-order chi connectivity index (χ1) is 13.6. The fourth-order valence-corrected chi connectivity index (χ4v) is 3.84. The molecule has 0 radical (unpaired) electrons. The molecule has 0 spiro atoms. The molecule has 6 nitrogen and oxygen atoms in total. The van der Waals surface area contributed by atoms with Crippen LogP contribution in [0.3, 0.4) is 0 Å². The van der Waals surface area contributed by atoms with Crippen LogP contribution in [-0.2, 0) is 9.59 Å². The van der Waals surface area contributed by atoms with E-state index < -0.39 is 0 Å². The molecule has 0 aliphatic carbocycles. The molecule has 0 aromatic heterocycles. The highest BCUT2D eigenvalue weighted by Crippen LogP contribution is 2.34. The summed E-state index contributed by atoms with van der Waals surface area (Å²) in [4.78, 5) is 28.8. The lowest BCUT2D eigenvalue weighted by Crippen LogP contribution is -2.43. The first-order valence-corrected chi connectivity index (χ1v) is 9.86. The SMILES string of the molecule is O=C(CN1C(=O)COc2ccc(Cl)cc21)Nc1ccccc1N1CCCCC1. The van der Waals surface area contributed by atoms with E-state index in [0.29, 0.717) is 16.5 Å². The number of rotatable bonds is 4. The summed E-state index contributed by atoms with van der Waals surface area (Å²) in [5.41, 5.74) is 2.30. The third-order valence-electron chi connectivity index (χ3n) is 5.04. The number of carbonyl (C=O) groups excluding carboxylic acids is 2. The van der Waals surface area contributed by atoms with Crippen molar-refractivity contribution in [2.75, 3.05) is 41.4 Å². The van der Waals surface area contributed by atoms with Gasteiger partial charge in [0.15, 0.2) is 6.61 Å². The van der Waals surface area contributed by atoms with E-state index in [2.05, 4.69) is 10.2 Å². The van der Waals surface area contributed by atoms with Crippen LogP contribution in [-0.4, -0.2) is 38.1 Å². The first kappa shape index (κ1) is 18.6. The Balaban J connectivity index is 1.51. The van der Waals surface area contributed by atoms with Gasteiger partial charge in [-0.1, -0.05) is 23.7 Å². The van der Waals surface area contributed by atoms with Crippen molar-refractivity contribution in [1.82, 2.24) is 0 Å². The van der Waals surface area contributed by atoms with Crippen molar-refractivity contribution in [1.29, 1.82) is 0 Å². The Morgan fingerprint density at radius 3 is 2.68 bits per heavy atom. The second-order valence-corrected chi connectivity index (χ2v) is 7.43. The molecule has 28 heavy (non-hydrogen) atoms. The van der Waals surface area contributed by atoms with Gasteiger partial charge >= 0.3 is 0 Å². The first-order valence-electron chi connectivity index (χ1n) is 9.48. The Kier molecular flexibility index (Phi) is 5.39. The number of anilines is 3. The molecule has 2 aromatic carbocycles. The largest absolute Gasteiger partial charge is 0.482 e. The monoisotopic (exact) mass is 399 g/mol. The highest BCUT2D eigenvalue weighted by Gasteiger charge is 2.28. The summed E-state index contributed by atoms with van der Waals surface area (Å²) in [6.45, 7) is 1.79. The standard InChI is InChI=1S/C21H22ClN3O3/c22-15-8-9-19-18(12-15)25(21(27)14-28-19)13-20(26)23-16-6-2-3-7-17(16)24-10-4-1-5-11-24/h2-3,6-9,12H,1,4-5,10-11,13-14H2,(H,23,26). The number of amides is 2. The molecule has 1 N–H and O–H groups in total. The summed E-state index contributed by atoms with van der Waals surface area (Å²) in [6.07, 6.45) is 3.55. The number of hydrogen-bond acceptors (Lipinski definition) is 4. The molecule has 4 rings (SSSR count). The Morgan fingerprint density at radius 2 is 1.86 bits per heavy atom. The molecule has 2 heterocycles. The molecule has 2 amide bonds. The number of piperidine rings is 1. The summed E-state index contributed by atoms with van der Waals surface area (Å²) >= 11 is 6.06. The van der Waals surface area contributed by atoms with Gasteiger partial charge < -0.3 is 15.0 Å². The normalized spacial score (nSPS) is 16.4. The Hall–Kier alpha value is -2.73. The van der Waals surface area contributed by atoms with Gasteiger partial charge in [0.2, 0.25) is 5.91 Å². The molecule has 2 aromatic rings. The summed E-state index contributed by atoms with van der Waals surface area (Å²) in [6, 6.07) is 12.8. The maximum atomic E-state index is 12.8. The van der Waals surface area contributed by atoms with Gasteiger partial charge in [0.05, 0.1) is 17.1 Å². The fourth-order valence-electron chi connectivity index (χ4n) is 3.67. The topological polar surface area (TPSA) is 61.9 Å². The van der Waals surface area contributed by atoms with Gasteiger partial charge in [-0.2, -0.15) is 0 Å². The van der Waals surface area contributed by atoms with Gasteiger partial charge in [0, 0.05) is 18.1 Å². The average Bonchev–Trinajstić information content (AvgIpc) is 2.71. The molecule has 0 atom stereocenters. The lowest BCUT2D eigenvalue weighted by Gasteiger charge is -2.31. The Morgan fingerprint density at radius 1 is 1.07 bits per heavy atom. The molecule has 0 saturated carbocycles. The maximum absolute atomic E-state index is 12.8. The summed E-state index contributed by atoms with van der Waals surface area (Å²) < 4.78 is 5.43. The number of carbonyl (C=O) groups is 2. The van der Waals surface area contributed by atoms with Crippen molar-refractivity contribution >= 4 is 40.5 Å². The second-order valence-electron chi connectivity index (χ2n) is 6.99. The Labute approximate surface area is 169 Å². The van der Waals surface area contributed by atoms with E-state index in [-0.39, 0.29) is 25.0 Å². The number of halogens is 1. The lowest BCUT2D eigenvalue weighted by atomic mass is 10.1. The van der Waals surface area contributed by atoms with Gasteiger partial charge in [0.1, 0.15) is 12.3 Å². The van der Waals surface area contributed by atoms with Gasteiger partial charge in [-0.25, -0.2) is 0 Å². The van der Waals surface area contributed by atoms with Crippen LogP contribution in [0.1, 0.15) is 19.3 Å². The van der Waals surface area contributed by atoms with Crippen LogP contribution >= 0.6 is 11.6 Å². The molecule has 1 fully saturated rings. The molecule has 1 saturated heterocycles. The molecular weight excluding hydrogens is 378 g/mol. The van der Waals surface area contributed by atoms with Crippen LogP contribution in [0.25, 0.3) is 0 Å². The number of hydrogen-bond donors (Lipinski definition) is 1. The Bertz CT molecular complexity index is 896. The van der Waals surface area contributed by atoms with Crippen LogP contribution in [0.2, 0.25) is 5.02 Å². The van der Waals surface area contributed by atoms with Gasteiger partial charge in [-0.05, 0) is 49.6 Å². The third kappa shape index (κ3) is 3.92. The molecule has 146 valence electrons. The molecular formula is C21H22ClN3O3. The number of benzene rings is 2. The molecule has 0 bridgehead atoms. The van der Waals surface area contributed by atoms with E-state index in [1.165, 1.54) is 11.3 Å². The summed E-state index contributed by atoms with van der Waals surface area (Å²) in [5, 5.41) is 3.46. The minimum absolute atomic E-state index is 0.0910. The van der Waals surface area contributed by atoms with Crippen molar-refractivity contribution in [2.45, 2.75) is 19.3 Å². The third-order valence-corrected chi connectivity index (χ3v) is 5.28. The van der Waals surface area contributed by atoms with E-state index in [9.17, 15) is 9.59 Å².